The van der Waals surface area contributed by atoms with E-state index in [2.05, 4.69) is 14.9 Å². The van der Waals surface area contributed by atoms with Crippen LogP contribution in [0.1, 0.15) is 25.0 Å². The molecule has 0 amide bonds. The Morgan fingerprint density at radius 3 is 3.05 bits per heavy atom. The van der Waals surface area contributed by atoms with Crippen LogP contribution in [0.15, 0.2) is 34.9 Å². The van der Waals surface area contributed by atoms with Gasteiger partial charge in [-0.3, -0.25) is 0 Å². The Kier molecular flexibility index (Phi) is 3.42. The van der Waals surface area contributed by atoms with Crippen molar-refractivity contribution >= 4 is 11.2 Å². The summed E-state index contributed by atoms with van der Waals surface area (Å²) in [6.45, 7) is 3.93. The fourth-order valence-electron chi connectivity index (χ4n) is 3.17. The van der Waals surface area contributed by atoms with Crippen LogP contribution in [0.4, 0.5) is 0 Å². The van der Waals surface area contributed by atoms with Gasteiger partial charge in [-0.25, -0.2) is 9.97 Å². The summed E-state index contributed by atoms with van der Waals surface area (Å²) in [5.74, 6) is 2.58. The first-order chi connectivity index (χ1) is 10.8. The van der Waals surface area contributed by atoms with Gasteiger partial charge in [0.2, 0.25) is 0 Å². The zero-order chi connectivity index (χ0) is 14.9. The van der Waals surface area contributed by atoms with Gasteiger partial charge in [0.05, 0.1) is 0 Å². The van der Waals surface area contributed by atoms with Crippen molar-refractivity contribution in [3.8, 4) is 11.6 Å². The average Bonchev–Trinajstić information content (AvgIpc) is 3.13. The van der Waals surface area contributed by atoms with Crippen LogP contribution in [0.3, 0.4) is 0 Å². The lowest BCUT2D eigenvalue weighted by Gasteiger charge is -2.24. The Morgan fingerprint density at radius 2 is 2.27 bits per heavy atom. The van der Waals surface area contributed by atoms with Crippen LogP contribution in [0, 0.1) is 6.92 Å². The molecule has 3 aromatic rings. The van der Waals surface area contributed by atoms with Crippen LogP contribution in [0.5, 0.6) is 0 Å². The minimum atomic E-state index is 0.475. The van der Waals surface area contributed by atoms with Crippen molar-refractivity contribution in [1.29, 1.82) is 0 Å². The van der Waals surface area contributed by atoms with E-state index < -0.39 is 0 Å². The van der Waals surface area contributed by atoms with Crippen LogP contribution in [0.2, 0.25) is 0 Å². The number of furan rings is 1. The molecule has 3 aromatic heterocycles. The number of nitrogens with one attached hydrogen (secondary N) is 1. The molecule has 0 radical (unpaired) electrons. The summed E-state index contributed by atoms with van der Waals surface area (Å²) >= 11 is 0. The van der Waals surface area contributed by atoms with Gasteiger partial charge in [-0.05, 0) is 50.6 Å². The molecule has 114 valence electrons. The maximum atomic E-state index is 5.80. The number of piperidine rings is 1. The number of imidazole rings is 1. The van der Waals surface area contributed by atoms with Crippen molar-refractivity contribution in [3.05, 3.63) is 36.2 Å². The molecular weight excluding hydrogens is 276 g/mol. The molecule has 1 N–H and O–H groups in total. The maximum absolute atomic E-state index is 5.80. The van der Waals surface area contributed by atoms with Gasteiger partial charge in [-0.2, -0.15) is 0 Å². The molecule has 5 nitrogen and oxygen atoms in total. The zero-order valence-corrected chi connectivity index (χ0v) is 12.7. The SMILES string of the molecule is Cc1ccc(-c2nc3cccnc3n2CC2CCCCN2)o1. The molecule has 1 unspecified atom stereocenters. The fourth-order valence-corrected chi connectivity index (χ4v) is 3.17. The van der Waals surface area contributed by atoms with Gasteiger partial charge in [0.15, 0.2) is 17.2 Å². The first kappa shape index (κ1) is 13.5. The Hall–Kier alpha value is -2.14. The quantitative estimate of drug-likeness (QED) is 0.806. The third-order valence-corrected chi connectivity index (χ3v) is 4.28. The molecule has 0 aromatic carbocycles. The van der Waals surface area contributed by atoms with E-state index in [0.717, 1.165) is 41.6 Å². The van der Waals surface area contributed by atoms with Gasteiger partial charge in [-0.1, -0.05) is 6.42 Å². The zero-order valence-electron chi connectivity index (χ0n) is 12.7. The number of rotatable bonds is 3. The summed E-state index contributed by atoms with van der Waals surface area (Å²) in [6.07, 6.45) is 5.58. The second kappa shape index (κ2) is 5.57. The molecule has 1 atom stereocenters. The van der Waals surface area contributed by atoms with Gasteiger partial charge in [0.1, 0.15) is 11.3 Å². The van der Waals surface area contributed by atoms with Crippen LogP contribution in [0.25, 0.3) is 22.7 Å². The van der Waals surface area contributed by atoms with E-state index in [1.54, 1.807) is 0 Å². The molecule has 0 bridgehead atoms. The lowest BCUT2D eigenvalue weighted by Crippen LogP contribution is -2.37. The minimum Gasteiger partial charge on any atom is -0.458 e. The topological polar surface area (TPSA) is 55.9 Å². The lowest BCUT2D eigenvalue weighted by atomic mass is 10.1. The number of hydrogen-bond acceptors (Lipinski definition) is 4. The van der Waals surface area contributed by atoms with E-state index in [1.807, 2.05) is 37.4 Å². The Bertz CT molecular complexity index is 783. The molecule has 1 fully saturated rings. The van der Waals surface area contributed by atoms with Crippen LogP contribution in [-0.2, 0) is 6.54 Å². The smallest absolute Gasteiger partial charge is 0.178 e. The maximum Gasteiger partial charge on any atom is 0.178 e. The highest BCUT2D eigenvalue weighted by Gasteiger charge is 2.20. The van der Waals surface area contributed by atoms with E-state index in [1.165, 1.54) is 19.3 Å². The third-order valence-electron chi connectivity index (χ3n) is 4.28. The molecule has 0 saturated carbocycles. The first-order valence-corrected chi connectivity index (χ1v) is 7.93. The molecule has 0 aliphatic carbocycles. The van der Waals surface area contributed by atoms with E-state index in [0.29, 0.717) is 6.04 Å². The summed E-state index contributed by atoms with van der Waals surface area (Å²) in [5, 5.41) is 3.60. The van der Waals surface area contributed by atoms with Gasteiger partial charge in [0.25, 0.3) is 0 Å². The van der Waals surface area contributed by atoms with Crippen LogP contribution in [-0.4, -0.2) is 27.1 Å². The third kappa shape index (κ3) is 2.41. The minimum absolute atomic E-state index is 0.475. The number of pyridine rings is 1. The number of hydrogen-bond donors (Lipinski definition) is 1. The van der Waals surface area contributed by atoms with Crippen molar-refractivity contribution in [2.45, 2.75) is 38.8 Å². The second-order valence-corrected chi connectivity index (χ2v) is 5.95. The van der Waals surface area contributed by atoms with E-state index in [4.69, 9.17) is 9.40 Å². The molecule has 5 heteroatoms. The molecule has 4 heterocycles. The number of aromatic nitrogens is 3. The molecule has 1 aliphatic heterocycles. The lowest BCUT2D eigenvalue weighted by molar-refractivity contribution is 0.365. The highest BCUT2D eigenvalue weighted by molar-refractivity contribution is 5.75. The van der Waals surface area contributed by atoms with Crippen LogP contribution < -0.4 is 5.32 Å². The predicted octanol–water partition coefficient (Wildman–Crippen LogP) is 3.14. The monoisotopic (exact) mass is 296 g/mol. The number of nitrogens with zero attached hydrogens (tertiary/aromatic N) is 3. The van der Waals surface area contributed by atoms with Crippen molar-refractivity contribution in [2.75, 3.05) is 6.54 Å². The van der Waals surface area contributed by atoms with E-state index in [-0.39, 0.29) is 0 Å². The Balaban J connectivity index is 1.79. The standard InChI is InChI=1S/C17H20N4O/c1-12-7-8-15(22-12)17-20-14-6-4-10-19-16(14)21(17)11-13-5-2-3-9-18-13/h4,6-8,10,13,18H,2-3,5,9,11H2,1H3. The summed E-state index contributed by atoms with van der Waals surface area (Å²) in [5.41, 5.74) is 1.85. The van der Waals surface area contributed by atoms with Gasteiger partial charge in [0, 0.05) is 18.8 Å². The molecule has 22 heavy (non-hydrogen) atoms. The Morgan fingerprint density at radius 1 is 1.32 bits per heavy atom. The van der Waals surface area contributed by atoms with Crippen molar-refractivity contribution in [2.24, 2.45) is 0 Å². The fraction of sp³-hybridized carbons (Fsp3) is 0.412. The Labute approximate surface area is 129 Å². The second-order valence-electron chi connectivity index (χ2n) is 5.95. The van der Waals surface area contributed by atoms with E-state index >= 15 is 0 Å². The predicted molar refractivity (Wildman–Crippen MR) is 85.6 cm³/mol. The van der Waals surface area contributed by atoms with Crippen molar-refractivity contribution in [3.63, 3.8) is 0 Å². The average molecular weight is 296 g/mol. The number of fused-ring (bicyclic) bond motifs is 1. The highest BCUT2D eigenvalue weighted by Crippen LogP contribution is 2.26. The summed E-state index contributed by atoms with van der Waals surface area (Å²) < 4.78 is 7.99. The summed E-state index contributed by atoms with van der Waals surface area (Å²) in [6, 6.07) is 8.37. The van der Waals surface area contributed by atoms with Gasteiger partial charge in [-0.15, -0.1) is 0 Å². The first-order valence-electron chi connectivity index (χ1n) is 7.93. The number of aryl methyl sites for hydroxylation is 1. The summed E-state index contributed by atoms with van der Waals surface area (Å²) in [7, 11) is 0. The molecule has 0 spiro atoms. The highest BCUT2D eigenvalue weighted by atomic mass is 16.3. The van der Waals surface area contributed by atoms with Crippen molar-refractivity contribution in [1.82, 2.24) is 19.9 Å². The largest absolute Gasteiger partial charge is 0.458 e. The van der Waals surface area contributed by atoms with Crippen molar-refractivity contribution < 1.29 is 4.42 Å². The van der Waals surface area contributed by atoms with E-state index in [9.17, 15) is 0 Å². The molecule has 4 rings (SSSR count). The normalized spacial score (nSPS) is 18.9. The van der Waals surface area contributed by atoms with Crippen LogP contribution >= 0.6 is 0 Å². The summed E-state index contributed by atoms with van der Waals surface area (Å²) in [4.78, 5) is 9.27. The molecule has 1 aliphatic rings. The van der Waals surface area contributed by atoms with Gasteiger partial charge < -0.3 is 14.3 Å². The molecular formula is C17H20N4O. The van der Waals surface area contributed by atoms with Gasteiger partial charge >= 0.3 is 0 Å². The molecule has 1 saturated heterocycles.